The summed E-state index contributed by atoms with van der Waals surface area (Å²) >= 11 is 1.74. The average Bonchev–Trinajstić information content (AvgIpc) is 3.12. The summed E-state index contributed by atoms with van der Waals surface area (Å²) in [4.78, 5) is 35.5. The highest BCUT2D eigenvalue weighted by molar-refractivity contribution is 7.18. The number of carbonyl (C=O) groups is 1. The summed E-state index contributed by atoms with van der Waals surface area (Å²) in [5.41, 5.74) is 7.29. The minimum absolute atomic E-state index is 0.449. The Bertz CT molecular complexity index is 1170. The van der Waals surface area contributed by atoms with Gasteiger partial charge in [-0.1, -0.05) is 0 Å². The summed E-state index contributed by atoms with van der Waals surface area (Å²) in [6.45, 7) is 11.4. The standard InChI is InChI=1S/C23H29N7O2S/c1-15-16(2)33-23-19(15)22(26-18(27-23)14-28-10-12-32-13-11-28)30-8-6-29(7-9-30)21-17(20(24)31)4-3-5-25-21/h3-5H,6-14H2,1-2H3,(H2,24,31). The van der Waals surface area contributed by atoms with Gasteiger partial charge in [0.05, 0.1) is 30.7 Å². The molecule has 5 rings (SSSR count). The molecule has 10 heteroatoms. The summed E-state index contributed by atoms with van der Waals surface area (Å²) < 4.78 is 5.49. The zero-order valence-corrected chi connectivity index (χ0v) is 19.9. The third kappa shape index (κ3) is 4.38. The number of ether oxygens (including phenoxy) is 1. The minimum atomic E-state index is -0.449. The zero-order valence-electron chi connectivity index (χ0n) is 19.1. The molecule has 5 heterocycles. The molecule has 2 N–H and O–H groups in total. The van der Waals surface area contributed by atoms with Gasteiger partial charge >= 0.3 is 0 Å². The minimum Gasteiger partial charge on any atom is -0.379 e. The highest BCUT2D eigenvalue weighted by Gasteiger charge is 2.26. The quantitative estimate of drug-likeness (QED) is 0.608. The van der Waals surface area contributed by atoms with Crippen LogP contribution in [0.15, 0.2) is 18.3 Å². The molecule has 3 aromatic heterocycles. The predicted molar refractivity (Wildman–Crippen MR) is 130 cm³/mol. The summed E-state index contributed by atoms with van der Waals surface area (Å²) in [5.74, 6) is 2.09. The number of nitrogens with two attached hydrogens (primary N) is 1. The second kappa shape index (κ2) is 9.20. The summed E-state index contributed by atoms with van der Waals surface area (Å²) in [6, 6.07) is 3.48. The SMILES string of the molecule is Cc1sc2nc(CN3CCOCC3)nc(N3CCN(c4ncccc4C(N)=O)CC3)c2c1C. The summed E-state index contributed by atoms with van der Waals surface area (Å²) in [5, 5.41) is 1.16. The highest BCUT2D eigenvalue weighted by atomic mass is 32.1. The highest BCUT2D eigenvalue weighted by Crippen LogP contribution is 2.36. The maximum atomic E-state index is 11.9. The molecule has 0 aromatic carbocycles. The number of thiophene rings is 1. The van der Waals surface area contributed by atoms with E-state index in [9.17, 15) is 4.79 Å². The Hall–Kier alpha value is -2.82. The lowest BCUT2D eigenvalue weighted by molar-refractivity contribution is 0.0331. The van der Waals surface area contributed by atoms with Gasteiger partial charge in [-0.05, 0) is 31.5 Å². The van der Waals surface area contributed by atoms with Crippen molar-refractivity contribution in [2.45, 2.75) is 20.4 Å². The number of aromatic nitrogens is 3. The van der Waals surface area contributed by atoms with Crippen molar-refractivity contribution < 1.29 is 9.53 Å². The first-order chi connectivity index (χ1) is 16.0. The van der Waals surface area contributed by atoms with Crippen LogP contribution in [0.5, 0.6) is 0 Å². The molecule has 0 saturated carbocycles. The van der Waals surface area contributed by atoms with Gasteiger partial charge in [-0.3, -0.25) is 9.69 Å². The van der Waals surface area contributed by atoms with E-state index in [2.05, 4.69) is 33.5 Å². The first-order valence-corrected chi connectivity index (χ1v) is 12.1. The van der Waals surface area contributed by atoms with Crippen LogP contribution in [0.4, 0.5) is 11.6 Å². The van der Waals surface area contributed by atoms with Crippen molar-refractivity contribution in [2.75, 3.05) is 62.3 Å². The molecule has 0 radical (unpaired) electrons. The van der Waals surface area contributed by atoms with E-state index in [-0.39, 0.29) is 0 Å². The molecule has 2 aliphatic heterocycles. The zero-order chi connectivity index (χ0) is 22.9. The first-order valence-electron chi connectivity index (χ1n) is 11.3. The van der Waals surface area contributed by atoms with Crippen LogP contribution >= 0.6 is 11.3 Å². The molecular formula is C23H29N7O2S. The summed E-state index contributed by atoms with van der Waals surface area (Å²) in [7, 11) is 0. The van der Waals surface area contributed by atoms with E-state index in [0.717, 1.165) is 80.9 Å². The Morgan fingerprint density at radius 3 is 2.45 bits per heavy atom. The fourth-order valence-corrected chi connectivity index (χ4v) is 5.54. The van der Waals surface area contributed by atoms with Crippen molar-refractivity contribution in [3.05, 3.63) is 40.2 Å². The third-order valence-corrected chi connectivity index (χ3v) is 7.56. The molecule has 0 aliphatic carbocycles. The number of amides is 1. The lowest BCUT2D eigenvalue weighted by Gasteiger charge is -2.37. The van der Waals surface area contributed by atoms with Crippen LogP contribution in [-0.4, -0.2) is 78.2 Å². The van der Waals surface area contributed by atoms with Crippen LogP contribution < -0.4 is 15.5 Å². The van der Waals surface area contributed by atoms with Crippen LogP contribution in [0.3, 0.4) is 0 Å². The largest absolute Gasteiger partial charge is 0.379 e. The van der Waals surface area contributed by atoms with Gasteiger partial charge in [-0.25, -0.2) is 15.0 Å². The lowest BCUT2D eigenvalue weighted by atomic mass is 10.1. The summed E-state index contributed by atoms with van der Waals surface area (Å²) in [6.07, 6.45) is 1.71. The molecule has 2 fully saturated rings. The molecule has 2 aliphatic rings. The number of morpholine rings is 1. The fourth-order valence-electron chi connectivity index (χ4n) is 4.50. The Morgan fingerprint density at radius 1 is 1.06 bits per heavy atom. The van der Waals surface area contributed by atoms with Crippen LogP contribution in [-0.2, 0) is 11.3 Å². The van der Waals surface area contributed by atoms with Crippen LogP contribution in [0.1, 0.15) is 26.6 Å². The Labute approximate surface area is 197 Å². The van der Waals surface area contributed by atoms with Gasteiger partial charge in [0.2, 0.25) is 0 Å². The Kier molecular flexibility index (Phi) is 6.13. The number of aryl methyl sites for hydroxylation is 2. The van der Waals surface area contributed by atoms with E-state index in [1.165, 1.54) is 10.4 Å². The number of hydrogen-bond acceptors (Lipinski definition) is 9. The van der Waals surface area contributed by atoms with Crippen molar-refractivity contribution >= 4 is 39.1 Å². The van der Waals surface area contributed by atoms with E-state index < -0.39 is 5.91 Å². The van der Waals surface area contributed by atoms with E-state index in [4.69, 9.17) is 20.4 Å². The number of nitrogens with zero attached hydrogens (tertiary/aromatic N) is 6. The number of anilines is 2. The van der Waals surface area contributed by atoms with Gasteiger partial charge in [-0.2, -0.15) is 0 Å². The number of pyridine rings is 1. The van der Waals surface area contributed by atoms with Crippen molar-refractivity contribution in [2.24, 2.45) is 5.73 Å². The van der Waals surface area contributed by atoms with Crippen molar-refractivity contribution in [3.63, 3.8) is 0 Å². The third-order valence-electron chi connectivity index (χ3n) is 6.46. The van der Waals surface area contributed by atoms with Gasteiger partial charge in [-0.15, -0.1) is 11.3 Å². The van der Waals surface area contributed by atoms with Gasteiger partial charge < -0.3 is 20.3 Å². The van der Waals surface area contributed by atoms with Crippen LogP contribution in [0.25, 0.3) is 10.2 Å². The van der Waals surface area contributed by atoms with E-state index in [0.29, 0.717) is 11.4 Å². The average molecular weight is 468 g/mol. The monoisotopic (exact) mass is 467 g/mol. The molecular weight excluding hydrogens is 438 g/mol. The topological polar surface area (TPSA) is 101 Å². The fraction of sp³-hybridized carbons (Fsp3) is 0.478. The number of primary amides is 1. The normalized spacial score (nSPS) is 17.6. The maximum absolute atomic E-state index is 11.9. The van der Waals surface area contributed by atoms with Crippen LogP contribution in [0.2, 0.25) is 0 Å². The molecule has 9 nitrogen and oxygen atoms in total. The first kappa shape index (κ1) is 22.0. The number of piperazine rings is 1. The van der Waals surface area contributed by atoms with Gasteiger partial charge in [0, 0.05) is 50.3 Å². The Balaban J connectivity index is 1.42. The van der Waals surface area contributed by atoms with Crippen molar-refractivity contribution in [3.8, 4) is 0 Å². The number of fused-ring (bicyclic) bond motifs is 1. The number of rotatable bonds is 5. The molecule has 2 saturated heterocycles. The Morgan fingerprint density at radius 2 is 1.76 bits per heavy atom. The molecule has 0 atom stereocenters. The van der Waals surface area contributed by atoms with Crippen molar-refractivity contribution in [1.29, 1.82) is 0 Å². The van der Waals surface area contributed by atoms with Gasteiger partial charge in [0.25, 0.3) is 5.91 Å². The molecule has 3 aromatic rings. The second-order valence-corrected chi connectivity index (χ2v) is 9.73. The van der Waals surface area contributed by atoms with Gasteiger partial charge in [0.15, 0.2) is 0 Å². The molecule has 0 bridgehead atoms. The van der Waals surface area contributed by atoms with Crippen molar-refractivity contribution in [1.82, 2.24) is 19.9 Å². The van der Waals surface area contributed by atoms with Gasteiger partial charge in [0.1, 0.15) is 22.3 Å². The lowest BCUT2D eigenvalue weighted by Crippen LogP contribution is -2.48. The smallest absolute Gasteiger partial charge is 0.252 e. The number of hydrogen-bond donors (Lipinski definition) is 1. The molecule has 33 heavy (non-hydrogen) atoms. The van der Waals surface area contributed by atoms with E-state index >= 15 is 0 Å². The molecule has 0 spiro atoms. The van der Waals surface area contributed by atoms with E-state index in [1.54, 1.807) is 29.7 Å². The van der Waals surface area contributed by atoms with E-state index in [1.807, 2.05) is 0 Å². The molecule has 1 amide bonds. The molecule has 0 unspecified atom stereocenters. The molecule has 174 valence electrons. The number of carbonyl (C=O) groups excluding carboxylic acids is 1. The van der Waals surface area contributed by atoms with Crippen LogP contribution in [0, 0.1) is 13.8 Å². The predicted octanol–water partition coefficient (Wildman–Crippen LogP) is 1.96. The maximum Gasteiger partial charge on any atom is 0.252 e. The second-order valence-electron chi connectivity index (χ2n) is 8.53.